The molecule has 0 aliphatic heterocycles. The van der Waals surface area contributed by atoms with Crippen molar-refractivity contribution in [1.29, 1.82) is 0 Å². The van der Waals surface area contributed by atoms with E-state index in [-0.39, 0.29) is 0 Å². The van der Waals surface area contributed by atoms with E-state index in [2.05, 4.69) is 13.8 Å². The third-order valence-electron chi connectivity index (χ3n) is 1.81. The fraction of sp³-hybridized carbons (Fsp3) is 1.00. The van der Waals surface area contributed by atoms with Crippen LogP contribution in [0.3, 0.4) is 0 Å². The van der Waals surface area contributed by atoms with Crippen LogP contribution in [-0.2, 0) is 6.15 Å². The minimum absolute atomic E-state index is 0.636. The predicted molar refractivity (Wildman–Crippen MR) is 56.5 cm³/mol. The molecule has 0 aliphatic carbocycles. The molecule has 0 bridgehead atoms. The van der Waals surface area contributed by atoms with Gasteiger partial charge in [-0.3, -0.25) is 0 Å². The molecule has 1 unspecified atom stereocenters. The van der Waals surface area contributed by atoms with E-state index in [9.17, 15) is 0 Å². The van der Waals surface area contributed by atoms with Crippen LogP contribution in [0, 0.1) is 5.92 Å². The fourth-order valence-corrected chi connectivity index (χ4v) is 4.04. The molecule has 4 heteroatoms. The zero-order chi connectivity index (χ0) is 9.23. The van der Waals surface area contributed by atoms with Crippen molar-refractivity contribution in [2.75, 3.05) is 13.2 Å². The van der Waals surface area contributed by atoms with Crippen molar-refractivity contribution in [3.05, 3.63) is 0 Å². The van der Waals surface area contributed by atoms with E-state index in [4.69, 9.17) is 6.15 Å². The first-order chi connectivity index (χ1) is 5.81. The minimum atomic E-state index is -0.636. The Morgan fingerprint density at radius 3 is 2.83 bits per heavy atom. The van der Waals surface area contributed by atoms with Gasteiger partial charge in [-0.05, 0) is 0 Å². The maximum atomic E-state index is 5.68. The van der Waals surface area contributed by atoms with Gasteiger partial charge < -0.3 is 0 Å². The maximum absolute atomic E-state index is 5.68. The molecule has 2 nitrogen and oxygen atoms in total. The Balaban J connectivity index is 2.90. The van der Waals surface area contributed by atoms with Crippen molar-refractivity contribution in [3.8, 4) is 0 Å². The van der Waals surface area contributed by atoms with Gasteiger partial charge in [0.05, 0.1) is 0 Å². The summed E-state index contributed by atoms with van der Waals surface area (Å²) in [6.45, 7) is 6.45. The molecular weight excluding hydrogens is 366 g/mol. The van der Waals surface area contributed by atoms with Gasteiger partial charge in [-0.25, -0.2) is 0 Å². The molecule has 12 heavy (non-hydrogen) atoms. The van der Waals surface area contributed by atoms with Gasteiger partial charge in [-0.2, -0.15) is 0 Å². The van der Waals surface area contributed by atoms with Crippen LogP contribution in [0.1, 0.15) is 26.7 Å². The van der Waals surface area contributed by atoms with Crippen LogP contribution in [0.25, 0.3) is 0 Å². The second-order valence-electron chi connectivity index (χ2n) is 3.06. The summed E-state index contributed by atoms with van der Waals surface area (Å²) < 4.78 is 12.1. The van der Waals surface area contributed by atoms with E-state index >= 15 is 0 Å². The van der Waals surface area contributed by atoms with Crippen LogP contribution < -0.4 is 0 Å². The molecule has 0 aliphatic rings. The van der Waals surface area contributed by atoms with Crippen molar-refractivity contribution >= 4 is 44.5 Å². The van der Waals surface area contributed by atoms with Crippen LogP contribution in [-0.4, -0.2) is 57.7 Å². The van der Waals surface area contributed by atoms with Crippen molar-refractivity contribution in [2.24, 2.45) is 5.92 Å². The van der Waals surface area contributed by atoms with Gasteiger partial charge in [0, 0.05) is 0 Å². The summed E-state index contributed by atoms with van der Waals surface area (Å²) in [6, 6.07) is 0. The van der Waals surface area contributed by atoms with Gasteiger partial charge in [-0.1, -0.05) is 0 Å². The Morgan fingerprint density at radius 2 is 2.25 bits per heavy atom. The Kier molecular flexibility index (Phi) is 11.9. The van der Waals surface area contributed by atoms with Crippen LogP contribution in [0.15, 0.2) is 0 Å². The van der Waals surface area contributed by atoms with Gasteiger partial charge in [0.25, 0.3) is 0 Å². The van der Waals surface area contributed by atoms with Gasteiger partial charge in [-0.15, -0.1) is 0 Å². The van der Waals surface area contributed by atoms with Gasteiger partial charge in [0.2, 0.25) is 0 Å². The Hall–Kier alpha value is 1.52. The average molecular weight is 386 g/mol. The van der Waals surface area contributed by atoms with Gasteiger partial charge in [0.1, 0.15) is 0 Å². The average Bonchev–Trinajstić information content (AvgIpc) is 2.10. The predicted octanol–water partition coefficient (Wildman–Crippen LogP) is 0.774. The van der Waals surface area contributed by atoms with E-state index in [0.29, 0.717) is 22.9 Å². The van der Waals surface area contributed by atoms with Crippen LogP contribution in [0.4, 0.5) is 0 Å². The van der Waals surface area contributed by atoms with Crippen molar-refractivity contribution in [3.63, 3.8) is 0 Å². The number of hydrogen-bond donors (Lipinski definition) is 0. The van der Waals surface area contributed by atoms with Crippen molar-refractivity contribution < 1.29 is 6.15 Å². The molecule has 1 atom stereocenters. The van der Waals surface area contributed by atoms with E-state index in [1.165, 1.54) is 17.3 Å². The second-order valence-corrected chi connectivity index (χ2v) is 7.78. The molecule has 0 rings (SSSR count). The van der Waals surface area contributed by atoms with E-state index in [1.54, 1.807) is 0 Å². The number of rotatable bonds is 8. The van der Waals surface area contributed by atoms with Crippen LogP contribution in [0.5, 0.6) is 0 Å². The molecule has 0 heterocycles. The van der Waals surface area contributed by atoms with Gasteiger partial charge >= 0.3 is 101 Å². The van der Waals surface area contributed by atoms with Crippen LogP contribution >= 0.6 is 0 Å². The molecule has 0 aromatic carbocycles. The fourth-order valence-electron chi connectivity index (χ4n) is 0.702. The molecule has 0 spiro atoms. The summed E-state index contributed by atoms with van der Waals surface area (Å²) >= 11 is 0.0552. The van der Waals surface area contributed by atoms with Gasteiger partial charge in [0.15, 0.2) is 0 Å². The van der Waals surface area contributed by atoms with E-state index in [0.717, 1.165) is 19.1 Å². The molecule has 0 aromatic heterocycles. The third kappa shape index (κ3) is 9.60. The Labute approximate surface area is 100 Å². The quantitative estimate of drug-likeness (QED) is 0.454. The molecule has 0 aromatic rings. The molecule has 72 valence electrons. The molecule has 0 N–H and O–H groups in total. The summed E-state index contributed by atoms with van der Waals surface area (Å²) in [6.07, 6.45) is 2.48. The molecule has 0 fully saturated rings. The Morgan fingerprint density at radius 1 is 1.50 bits per heavy atom. The molecule has 0 saturated carbocycles. The molecule has 0 amide bonds. The molecule has 0 saturated heterocycles. The standard InChI is InChI=1S/C5H11O.C3H6O.2Sn.3H/c1-3-5(2)4-6;1-2-3-4;;;;;/h5H,3-4H2,1-2H3;1-3H2;;;;;/q2*-1;2*+1;;;. The zero-order valence-corrected chi connectivity index (χ0v) is 15.5. The first-order valence-corrected chi connectivity index (χ1v) is 9.93. The normalized spacial score (nSPS) is 13.2. The monoisotopic (exact) mass is 388 g/mol. The summed E-state index contributed by atoms with van der Waals surface area (Å²) in [7, 11) is 0. The first-order valence-electron chi connectivity index (χ1n) is 4.61. The van der Waals surface area contributed by atoms with E-state index in [1.807, 2.05) is 0 Å². The molecular formula is C8H20O2Sn2. The van der Waals surface area contributed by atoms with Crippen molar-refractivity contribution in [1.82, 2.24) is 0 Å². The number of hydrogen-bond acceptors (Lipinski definition) is 2. The summed E-state index contributed by atoms with van der Waals surface area (Å²) in [5.41, 5.74) is 0. The Bertz CT molecular complexity index is 91.1. The summed E-state index contributed by atoms with van der Waals surface area (Å²) in [5.74, 6) is 0.757. The summed E-state index contributed by atoms with van der Waals surface area (Å²) in [4.78, 5) is 0. The topological polar surface area (TPSA) is 18.5 Å². The van der Waals surface area contributed by atoms with E-state index < -0.39 is 21.6 Å². The SMILES string of the molecule is CCC(C)C[O][SnH][CH2]CC[O][SnH2]. The second kappa shape index (κ2) is 10.6. The van der Waals surface area contributed by atoms with Crippen LogP contribution in [0.2, 0.25) is 4.44 Å². The third-order valence-corrected chi connectivity index (χ3v) is 5.69. The zero-order valence-electron chi connectivity index (χ0n) is 8.21. The van der Waals surface area contributed by atoms with Crippen molar-refractivity contribution in [2.45, 2.75) is 31.1 Å². The molecule has 2 radical (unpaired) electrons. The first kappa shape index (κ1) is 13.5. The summed E-state index contributed by atoms with van der Waals surface area (Å²) in [5, 5.41) is 0.